The fourth-order valence-electron chi connectivity index (χ4n) is 1.66. The molecule has 23 heavy (non-hydrogen) atoms. The van der Waals surface area contributed by atoms with Crippen molar-refractivity contribution < 1.29 is 27.8 Å². The minimum absolute atomic E-state index is 0.0535. The minimum atomic E-state index is -3.02. The summed E-state index contributed by atoms with van der Waals surface area (Å²) in [5, 5.41) is 2.34. The van der Waals surface area contributed by atoms with Crippen LogP contribution in [0.3, 0.4) is 0 Å². The van der Waals surface area contributed by atoms with Gasteiger partial charge in [-0.25, -0.2) is 4.79 Å². The lowest BCUT2D eigenvalue weighted by Gasteiger charge is -2.11. The second-order valence-electron chi connectivity index (χ2n) is 4.23. The summed E-state index contributed by atoms with van der Waals surface area (Å²) >= 11 is 0. The highest BCUT2D eigenvalue weighted by atomic mass is 19.3. The van der Waals surface area contributed by atoms with Crippen LogP contribution in [0.2, 0.25) is 0 Å². The van der Waals surface area contributed by atoms with E-state index < -0.39 is 25.1 Å². The lowest BCUT2D eigenvalue weighted by atomic mass is 10.3. The number of nitrogens with one attached hydrogen (secondary N) is 1. The number of alkyl halides is 2. The molecule has 6 nitrogen and oxygen atoms in total. The number of hydrogen-bond donors (Lipinski definition) is 1. The van der Waals surface area contributed by atoms with Gasteiger partial charge in [0, 0.05) is 12.4 Å². The fraction of sp³-hybridized carbons (Fsp3) is 0.133. The summed E-state index contributed by atoms with van der Waals surface area (Å²) in [6, 6.07) is 8.57. The van der Waals surface area contributed by atoms with E-state index in [0.29, 0.717) is 0 Å². The van der Waals surface area contributed by atoms with Crippen molar-refractivity contribution in [3.05, 3.63) is 54.4 Å². The van der Waals surface area contributed by atoms with Gasteiger partial charge in [0.1, 0.15) is 5.75 Å². The first-order valence-corrected chi connectivity index (χ1v) is 6.47. The van der Waals surface area contributed by atoms with Crippen LogP contribution in [0.5, 0.6) is 5.75 Å². The Hall–Kier alpha value is -3.03. The summed E-state index contributed by atoms with van der Waals surface area (Å²) in [7, 11) is 0. The normalized spacial score (nSPS) is 10.2. The van der Waals surface area contributed by atoms with Crippen molar-refractivity contribution in [1.29, 1.82) is 0 Å². The van der Waals surface area contributed by atoms with Gasteiger partial charge in [-0.3, -0.25) is 9.78 Å². The molecule has 0 spiro atoms. The average Bonchev–Trinajstić information content (AvgIpc) is 2.55. The van der Waals surface area contributed by atoms with Crippen LogP contribution in [0.15, 0.2) is 48.8 Å². The van der Waals surface area contributed by atoms with E-state index in [1.165, 1.54) is 48.8 Å². The molecule has 0 fully saturated rings. The maximum atomic E-state index is 12.3. The molecule has 1 amide bonds. The maximum Gasteiger partial charge on any atom is 0.387 e. The molecule has 1 heterocycles. The molecule has 0 aliphatic heterocycles. The standard InChI is InChI=1S/C15H12F2N2O4/c16-15(17)23-12-4-2-1-3-11(12)19-13(20)9-22-14(21)10-5-7-18-8-6-10/h1-8,15H,9H2,(H,19,20). The molecule has 8 heteroatoms. The molecule has 0 aliphatic carbocycles. The molecule has 0 atom stereocenters. The molecule has 0 radical (unpaired) electrons. The van der Waals surface area contributed by atoms with E-state index in [1.807, 2.05) is 0 Å². The van der Waals surface area contributed by atoms with Gasteiger partial charge < -0.3 is 14.8 Å². The molecule has 0 saturated carbocycles. The van der Waals surface area contributed by atoms with Crippen LogP contribution >= 0.6 is 0 Å². The Kier molecular flexibility index (Phi) is 5.56. The van der Waals surface area contributed by atoms with E-state index in [9.17, 15) is 18.4 Å². The largest absolute Gasteiger partial charge is 0.452 e. The van der Waals surface area contributed by atoms with Crippen LogP contribution in [0, 0.1) is 0 Å². The molecule has 1 aromatic carbocycles. The van der Waals surface area contributed by atoms with Gasteiger partial charge in [-0.15, -0.1) is 0 Å². The van der Waals surface area contributed by atoms with Crippen molar-refractivity contribution in [1.82, 2.24) is 4.98 Å². The van der Waals surface area contributed by atoms with Gasteiger partial charge in [0.25, 0.3) is 5.91 Å². The number of halogens is 2. The Balaban J connectivity index is 1.91. The minimum Gasteiger partial charge on any atom is -0.452 e. The number of aromatic nitrogens is 1. The number of carbonyl (C=O) groups is 2. The number of hydrogen-bond acceptors (Lipinski definition) is 5. The highest BCUT2D eigenvalue weighted by Gasteiger charge is 2.13. The zero-order valence-corrected chi connectivity index (χ0v) is 11.7. The molecule has 0 saturated heterocycles. The monoisotopic (exact) mass is 322 g/mol. The maximum absolute atomic E-state index is 12.3. The van der Waals surface area contributed by atoms with E-state index in [1.54, 1.807) is 0 Å². The number of ether oxygens (including phenoxy) is 2. The van der Waals surface area contributed by atoms with Gasteiger partial charge in [0.05, 0.1) is 11.3 Å². The average molecular weight is 322 g/mol. The molecule has 0 bridgehead atoms. The molecule has 2 aromatic rings. The zero-order chi connectivity index (χ0) is 16.7. The van der Waals surface area contributed by atoms with E-state index in [-0.39, 0.29) is 17.0 Å². The molecule has 1 aromatic heterocycles. The lowest BCUT2D eigenvalue weighted by Crippen LogP contribution is -2.21. The predicted molar refractivity (Wildman–Crippen MR) is 76.2 cm³/mol. The number of rotatable bonds is 6. The molecule has 0 unspecified atom stereocenters. The van der Waals surface area contributed by atoms with Crippen LogP contribution in [-0.4, -0.2) is 30.1 Å². The predicted octanol–water partition coefficient (Wildman–Crippen LogP) is 2.48. The number of anilines is 1. The van der Waals surface area contributed by atoms with Crippen LogP contribution in [0.25, 0.3) is 0 Å². The first-order valence-electron chi connectivity index (χ1n) is 6.47. The third-order valence-corrected chi connectivity index (χ3v) is 2.63. The second-order valence-corrected chi connectivity index (χ2v) is 4.23. The lowest BCUT2D eigenvalue weighted by molar-refractivity contribution is -0.119. The number of nitrogens with zero attached hydrogens (tertiary/aromatic N) is 1. The van der Waals surface area contributed by atoms with Crippen molar-refractivity contribution in [2.45, 2.75) is 6.61 Å². The Morgan fingerprint density at radius 3 is 2.52 bits per heavy atom. The van der Waals surface area contributed by atoms with Crippen LogP contribution in [-0.2, 0) is 9.53 Å². The molecule has 2 rings (SSSR count). The smallest absolute Gasteiger partial charge is 0.387 e. The molecule has 0 aliphatic rings. The van der Waals surface area contributed by atoms with Crippen molar-refractivity contribution in [2.75, 3.05) is 11.9 Å². The quantitative estimate of drug-likeness (QED) is 0.827. The van der Waals surface area contributed by atoms with Gasteiger partial charge in [-0.2, -0.15) is 8.78 Å². The Morgan fingerprint density at radius 1 is 1.13 bits per heavy atom. The highest BCUT2D eigenvalue weighted by molar-refractivity contribution is 5.96. The Morgan fingerprint density at radius 2 is 1.83 bits per heavy atom. The van der Waals surface area contributed by atoms with Gasteiger partial charge in [-0.1, -0.05) is 12.1 Å². The van der Waals surface area contributed by atoms with E-state index >= 15 is 0 Å². The van der Waals surface area contributed by atoms with E-state index in [0.717, 1.165) is 0 Å². The van der Waals surface area contributed by atoms with Crippen molar-refractivity contribution in [2.24, 2.45) is 0 Å². The topological polar surface area (TPSA) is 77.5 Å². The number of pyridine rings is 1. The Bertz CT molecular complexity index is 680. The summed E-state index contributed by atoms with van der Waals surface area (Å²) in [6.45, 7) is -3.58. The van der Waals surface area contributed by atoms with Crippen molar-refractivity contribution in [3.8, 4) is 5.75 Å². The van der Waals surface area contributed by atoms with Gasteiger partial charge in [-0.05, 0) is 24.3 Å². The first kappa shape index (κ1) is 16.3. The molecular formula is C15H12F2N2O4. The van der Waals surface area contributed by atoms with Crippen LogP contribution < -0.4 is 10.1 Å². The summed E-state index contributed by atoms with van der Waals surface area (Å²) < 4.78 is 33.6. The summed E-state index contributed by atoms with van der Waals surface area (Å²) in [5.41, 5.74) is 0.298. The SMILES string of the molecule is O=C(COC(=O)c1ccncc1)Nc1ccccc1OC(F)F. The fourth-order valence-corrected chi connectivity index (χ4v) is 1.66. The van der Waals surface area contributed by atoms with Crippen LogP contribution in [0.4, 0.5) is 14.5 Å². The summed E-state index contributed by atoms with van der Waals surface area (Å²) in [4.78, 5) is 27.2. The molecule has 1 N–H and O–H groups in total. The summed E-state index contributed by atoms with van der Waals surface area (Å²) in [5.74, 6) is -1.56. The van der Waals surface area contributed by atoms with Gasteiger partial charge in [0.2, 0.25) is 0 Å². The van der Waals surface area contributed by atoms with Crippen molar-refractivity contribution >= 4 is 17.6 Å². The molecular weight excluding hydrogens is 310 g/mol. The number of para-hydroxylation sites is 2. The summed E-state index contributed by atoms with van der Waals surface area (Å²) in [6.07, 6.45) is 2.82. The van der Waals surface area contributed by atoms with Gasteiger partial charge in [0.15, 0.2) is 6.61 Å². The van der Waals surface area contributed by atoms with E-state index in [2.05, 4.69) is 15.0 Å². The number of esters is 1. The zero-order valence-electron chi connectivity index (χ0n) is 11.7. The molecule has 120 valence electrons. The van der Waals surface area contributed by atoms with E-state index in [4.69, 9.17) is 4.74 Å². The first-order chi connectivity index (χ1) is 11.1. The number of benzene rings is 1. The Labute approximate surface area is 130 Å². The number of amides is 1. The van der Waals surface area contributed by atoms with Gasteiger partial charge >= 0.3 is 12.6 Å². The second kappa shape index (κ2) is 7.83. The third-order valence-electron chi connectivity index (χ3n) is 2.63. The van der Waals surface area contributed by atoms with Crippen LogP contribution in [0.1, 0.15) is 10.4 Å². The number of carbonyl (C=O) groups excluding carboxylic acids is 2. The highest BCUT2D eigenvalue weighted by Crippen LogP contribution is 2.25. The van der Waals surface area contributed by atoms with Crippen molar-refractivity contribution in [3.63, 3.8) is 0 Å². The third kappa shape index (κ3) is 5.03.